The molecule has 0 unspecified atom stereocenters. The third kappa shape index (κ3) is 44.0. The Balaban J connectivity index is 1.78. The molecule has 0 N–H and O–H groups in total. The van der Waals surface area contributed by atoms with E-state index in [4.69, 9.17) is 9.98 Å². The second kappa shape index (κ2) is 57.5. The number of hydrogen-bond donors (Lipinski definition) is 0. The van der Waals surface area contributed by atoms with Crippen molar-refractivity contribution in [1.29, 1.82) is 0 Å². The van der Waals surface area contributed by atoms with Crippen LogP contribution < -0.4 is 0 Å². The van der Waals surface area contributed by atoms with Gasteiger partial charge in [0.15, 0.2) is 0 Å². The third-order valence-electron chi connectivity index (χ3n) is 16.8. The largest absolute Gasteiger partial charge is 0.251 e. The van der Waals surface area contributed by atoms with Crippen molar-refractivity contribution >= 4 is 22.8 Å². The molecule has 0 aliphatic heterocycles. The van der Waals surface area contributed by atoms with Gasteiger partial charge in [0.2, 0.25) is 0 Å². The Hall–Kier alpha value is -2.74. The number of rotatable bonds is 59. The van der Waals surface area contributed by atoms with Gasteiger partial charge in [-0.2, -0.15) is 0 Å². The maximum atomic E-state index is 5.60. The maximum Gasteiger partial charge on any atom is 0.0665 e. The number of allylic oxidation sites excluding steroid dienone is 4. The molecule has 2 aromatic rings. The molecule has 0 saturated carbocycles. The minimum atomic E-state index is 0.994. The minimum Gasteiger partial charge on any atom is -0.251 e. The Labute approximate surface area is 488 Å². The lowest BCUT2D eigenvalue weighted by Gasteiger charge is -2.14. The number of unbranched alkanes of at least 4 members (excludes halogenated alkanes) is 44. The van der Waals surface area contributed by atoms with Crippen molar-refractivity contribution in [3.05, 3.63) is 84.0 Å². The smallest absolute Gasteiger partial charge is 0.0665 e. The zero-order valence-corrected chi connectivity index (χ0v) is 53.0. The molecule has 0 spiro atoms. The van der Waals surface area contributed by atoms with Crippen molar-refractivity contribution in [3.63, 3.8) is 0 Å². The van der Waals surface area contributed by atoms with Crippen molar-refractivity contribution in [1.82, 2.24) is 0 Å². The van der Waals surface area contributed by atoms with Gasteiger partial charge < -0.3 is 0 Å². The lowest BCUT2D eigenvalue weighted by molar-refractivity contribution is 0.525. The van der Waals surface area contributed by atoms with Crippen LogP contribution in [0.2, 0.25) is 0 Å². The molecule has 0 bridgehead atoms. The summed E-state index contributed by atoms with van der Waals surface area (Å²) >= 11 is 0. The highest BCUT2D eigenvalue weighted by atomic mass is 14.8. The van der Waals surface area contributed by atoms with Crippen molar-refractivity contribution in [2.75, 3.05) is 0 Å². The summed E-state index contributed by atoms with van der Waals surface area (Å²) in [4.78, 5) is 11.2. The van der Waals surface area contributed by atoms with E-state index in [0.717, 1.165) is 56.3 Å². The van der Waals surface area contributed by atoms with E-state index >= 15 is 0 Å². The molecule has 2 nitrogen and oxygen atoms in total. The van der Waals surface area contributed by atoms with Crippen LogP contribution in [0.3, 0.4) is 0 Å². The molecule has 0 aliphatic rings. The van der Waals surface area contributed by atoms with Gasteiger partial charge in [0.1, 0.15) is 0 Å². The fourth-order valence-electron chi connectivity index (χ4n) is 11.5. The molecule has 446 valence electrons. The number of aliphatic imine (C=N–C) groups is 2. The Kier molecular flexibility index (Phi) is 52.6. The highest BCUT2D eigenvalue weighted by Gasteiger charge is 2.14. The topological polar surface area (TPSA) is 24.7 Å². The first kappa shape index (κ1) is 71.4. The van der Waals surface area contributed by atoms with Crippen LogP contribution in [0.25, 0.3) is 0 Å². The Morgan fingerprint density at radius 2 is 0.487 bits per heavy atom. The quantitative estimate of drug-likeness (QED) is 0.0358. The van der Waals surface area contributed by atoms with Gasteiger partial charge in [0, 0.05) is 0 Å². The molecule has 2 heteroatoms. The molecular formula is C76H132N2. The number of benzene rings is 2. The van der Waals surface area contributed by atoms with Crippen molar-refractivity contribution in [2.45, 2.75) is 374 Å². The summed E-state index contributed by atoms with van der Waals surface area (Å²) < 4.78 is 0. The zero-order chi connectivity index (χ0) is 55.5. The second-order valence-electron chi connectivity index (χ2n) is 24.3. The number of nitrogens with zero attached hydrogens (tertiary/aromatic N) is 2. The fourth-order valence-corrected chi connectivity index (χ4v) is 11.5. The predicted molar refractivity (Wildman–Crippen MR) is 356 cm³/mol. The van der Waals surface area contributed by atoms with Crippen LogP contribution in [0.4, 0.5) is 11.4 Å². The first-order valence-corrected chi connectivity index (χ1v) is 35.3. The van der Waals surface area contributed by atoms with E-state index < -0.39 is 0 Å². The van der Waals surface area contributed by atoms with E-state index in [2.05, 4.69) is 101 Å². The van der Waals surface area contributed by atoms with Gasteiger partial charge in [-0.3, -0.25) is 9.98 Å². The van der Waals surface area contributed by atoms with Crippen LogP contribution in [-0.2, 0) is 12.8 Å². The van der Waals surface area contributed by atoms with E-state index in [9.17, 15) is 0 Å². The van der Waals surface area contributed by atoms with Crippen LogP contribution in [0.5, 0.6) is 0 Å². The van der Waals surface area contributed by atoms with Gasteiger partial charge in [-0.15, -0.1) is 0 Å². The van der Waals surface area contributed by atoms with Crippen LogP contribution in [0, 0.1) is 0 Å². The molecule has 2 rings (SSSR count). The van der Waals surface area contributed by atoms with E-state index in [0.29, 0.717) is 0 Å². The van der Waals surface area contributed by atoms with E-state index in [1.54, 1.807) is 0 Å². The molecule has 0 aromatic heterocycles. The lowest BCUT2D eigenvalue weighted by atomic mass is 10.00. The first-order chi connectivity index (χ1) is 38.7. The fraction of sp³-hybridized carbons (Fsp3) is 0.763. The summed E-state index contributed by atoms with van der Waals surface area (Å²) in [5, 5.41) is 0. The SMILES string of the molecule is CCCCCCCCCCCCCCCCCCCC/C=C/CCCc1ccccc1N=C(CCCC)C(CCCCCCCC)=Nc1ccccc1CCC/C=C/CCCCCCCCCCCCCCCCCCCC. The van der Waals surface area contributed by atoms with Crippen LogP contribution in [0.1, 0.15) is 373 Å². The number of aryl methyl sites for hydroxylation is 2. The van der Waals surface area contributed by atoms with Crippen LogP contribution in [-0.4, -0.2) is 11.4 Å². The summed E-state index contributed by atoms with van der Waals surface area (Å²) in [5.74, 6) is 0. The van der Waals surface area contributed by atoms with E-state index in [-0.39, 0.29) is 0 Å². The van der Waals surface area contributed by atoms with Gasteiger partial charge in [-0.1, -0.05) is 345 Å². The molecule has 2 aromatic carbocycles. The Bertz CT molecular complexity index is 1680. The van der Waals surface area contributed by atoms with E-state index in [1.165, 1.54) is 324 Å². The van der Waals surface area contributed by atoms with Gasteiger partial charge >= 0.3 is 0 Å². The second-order valence-corrected chi connectivity index (χ2v) is 24.3. The molecule has 0 saturated heterocycles. The van der Waals surface area contributed by atoms with Gasteiger partial charge in [0.05, 0.1) is 22.8 Å². The summed E-state index contributed by atoms with van der Waals surface area (Å²) in [6.45, 7) is 9.25. The average Bonchev–Trinajstić information content (AvgIpc) is 3.45. The predicted octanol–water partition coefficient (Wildman–Crippen LogP) is 27.1. The Morgan fingerprint density at radius 3 is 0.782 bits per heavy atom. The van der Waals surface area contributed by atoms with Gasteiger partial charge in [0.25, 0.3) is 0 Å². The van der Waals surface area contributed by atoms with E-state index in [1.807, 2.05) is 0 Å². The molecule has 0 radical (unpaired) electrons. The maximum absolute atomic E-state index is 5.60. The average molecular weight is 1070 g/mol. The summed E-state index contributed by atoms with van der Waals surface area (Å²) in [7, 11) is 0. The molecule has 0 amide bonds. The minimum absolute atomic E-state index is 0.994. The molecule has 0 heterocycles. The molecule has 0 aliphatic carbocycles. The summed E-state index contributed by atoms with van der Waals surface area (Å²) in [6.07, 6.45) is 83.0. The zero-order valence-electron chi connectivity index (χ0n) is 53.0. The number of hydrogen-bond acceptors (Lipinski definition) is 2. The van der Waals surface area contributed by atoms with Crippen LogP contribution in [0.15, 0.2) is 82.8 Å². The lowest BCUT2D eigenvalue weighted by Crippen LogP contribution is -2.15. The van der Waals surface area contributed by atoms with Gasteiger partial charge in [-0.05, 0) is 113 Å². The molecule has 78 heavy (non-hydrogen) atoms. The molecular weight excluding hydrogens is 941 g/mol. The standard InChI is InChI=1S/C76H132N2/c1-5-9-13-16-19-21-23-25-27-29-31-33-35-37-39-41-43-45-47-49-51-53-56-63-71-65-59-61-68-73(71)77-75(67-12-8-4)76(70-58-55-18-15-11-7-3)78-74-69-62-60-66-72(74)64-57-54-52-50-48-46-44-42-40-38-36-34-32-30-28-26-24-22-20-17-14-10-6-2/h49-52,59-62,65-66,68-69H,5-48,53-58,63-64,67,70H2,1-4H3/b51-49+,52-50+,77-75?,78-76?. The molecule has 0 fully saturated rings. The summed E-state index contributed by atoms with van der Waals surface area (Å²) in [6, 6.07) is 18.0. The summed E-state index contributed by atoms with van der Waals surface area (Å²) in [5.41, 5.74) is 7.55. The van der Waals surface area contributed by atoms with Crippen molar-refractivity contribution in [3.8, 4) is 0 Å². The Morgan fingerprint density at radius 1 is 0.256 bits per heavy atom. The van der Waals surface area contributed by atoms with Crippen molar-refractivity contribution in [2.24, 2.45) is 9.98 Å². The highest BCUT2D eigenvalue weighted by molar-refractivity contribution is 6.43. The number of para-hydroxylation sites is 2. The van der Waals surface area contributed by atoms with Crippen LogP contribution >= 0.6 is 0 Å². The first-order valence-electron chi connectivity index (χ1n) is 35.3. The van der Waals surface area contributed by atoms with Gasteiger partial charge in [-0.25, -0.2) is 0 Å². The molecule has 0 atom stereocenters. The van der Waals surface area contributed by atoms with Crippen molar-refractivity contribution < 1.29 is 0 Å². The normalized spacial score (nSPS) is 12.4. The highest BCUT2D eigenvalue weighted by Crippen LogP contribution is 2.27. The third-order valence-corrected chi connectivity index (χ3v) is 16.8. The monoisotopic (exact) mass is 1070 g/mol.